The van der Waals surface area contributed by atoms with Gasteiger partial charge in [0.15, 0.2) is 0 Å². The number of aryl methyl sites for hydroxylation is 1. The monoisotopic (exact) mass is 515 g/mol. The van der Waals surface area contributed by atoms with E-state index in [0.717, 1.165) is 17.5 Å². The fourth-order valence-electron chi connectivity index (χ4n) is 4.45. The van der Waals surface area contributed by atoms with Gasteiger partial charge in [0.2, 0.25) is 0 Å². The molecule has 7 heteroatoms. The van der Waals surface area contributed by atoms with Crippen molar-refractivity contribution in [3.8, 4) is 11.5 Å². The average molecular weight is 516 g/mol. The molecule has 1 aliphatic rings. The number of aliphatic hydroxyl groups is 1. The van der Waals surface area contributed by atoms with Crippen LogP contribution in [-0.4, -0.2) is 48.6 Å². The molecule has 38 heavy (non-hydrogen) atoms. The molecule has 0 spiro atoms. The molecule has 0 radical (unpaired) electrons. The predicted octanol–water partition coefficient (Wildman–Crippen LogP) is 5.43. The second kappa shape index (κ2) is 12.4. The van der Waals surface area contributed by atoms with E-state index in [9.17, 15) is 14.7 Å². The highest BCUT2D eigenvalue weighted by molar-refractivity contribution is 6.46. The van der Waals surface area contributed by atoms with Crippen LogP contribution in [-0.2, 0) is 20.9 Å². The zero-order valence-corrected chi connectivity index (χ0v) is 22.0. The Balaban J connectivity index is 1.62. The number of ether oxygens (including phenoxy) is 3. The average Bonchev–Trinajstić information content (AvgIpc) is 3.19. The molecule has 0 unspecified atom stereocenters. The van der Waals surface area contributed by atoms with E-state index >= 15 is 0 Å². The quantitative estimate of drug-likeness (QED) is 0.208. The molecule has 1 atom stereocenters. The second-order valence-corrected chi connectivity index (χ2v) is 9.20. The number of hydrogen-bond acceptors (Lipinski definition) is 6. The zero-order chi connectivity index (χ0) is 27.1. The molecule has 4 rings (SSSR count). The number of benzene rings is 3. The number of methoxy groups -OCH3 is 1. The van der Waals surface area contributed by atoms with Gasteiger partial charge < -0.3 is 24.2 Å². The molecule has 0 aromatic heterocycles. The highest BCUT2D eigenvalue weighted by Crippen LogP contribution is 2.39. The van der Waals surface area contributed by atoms with Crippen molar-refractivity contribution in [2.75, 3.05) is 26.9 Å². The molecule has 1 aliphatic heterocycles. The van der Waals surface area contributed by atoms with E-state index in [1.807, 2.05) is 56.3 Å². The number of carbonyl (C=O) groups is 2. The maximum absolute atomic E-state index is 13.1. The van der Waals surface area contributed by atoms with Gasteiger partial charge in [-0.2, -0.15) is 0 Å². The first-order valence-electron chi connectivity index (χ1n) is 12.7. The van der Waals surface area contributed by atoms with Gasteiger partial charge in [-0.3, -0.25) is 9.59 Å². The van der Waals surface area contributed by atoms with Crippen molar-refractivity contribution in [3.63, 3.8) is 0 Å². The van der Waals surface area contributed by atoms with Gasteiger partial charge >= 0.3 is 0 Å². The van der Waals surface area contributed by atoms with E-state index in [-0.39, 0.29) is 24.5 Å². The lowest BCUT2D eigenvalue weighted by molar-refractivity contribution is -0.140. The van der Waals surface area contributed by atoms with E-state index in [2.05, 4.69) is 6.07 Å². The van der Waals surface area contributed by atoms with Gasteiger partial charge in [-0.1, -0.05) is 48.9 Å². The molecule has 1 N–H and O–H groups in total. The molecule has 0 bridgehead atoms. The molecule has 3 aromatic rings. The summed E-state index contributed by atoms with van der Waals surface area (Å²) < 4.78 is 16.7. The standard InChI is InChI=1S/C31H33NO6/c1-4-17-37-25-12-8-23(9-13-25)28-27(30(34)31(35)32(28)16-18-36-3)29(33)24-10-14-26(15-11-24)38-20-22-7-5-6-21(2)19-22/h5-15,19,28,33H,4,16-18,20H2,1-3H3/t28-/m0/s1. The normalized spacial score (nSPS) is 16.6. The first kappa shape index (κ1) is 26.9. The van der Waals surface area contributed by atoms with Gasteiger partial charge in [0, 0.05) is 19.2 Å². The molecule has 1 fully saturated rings. The van der Waals surface area contributed by atoms with Crippen molar-refractivity contribution in [1.29, 1.82) is 0 Å². The molecular weight excluding hydrogens is 482 g/mol. The lowest BCUT2D eigenvalue weighted by Gasteiger charge is -2.25. The Morgan fingerprint density at radius 1 is 0.921 bits per heavy atom. The van der Waals surface area contributed by atoms with Gasteiger partial charge in [0.25, 0.3) is 11.7 Å². The van der Waals surface area contributed by atoms with Crippen molar-refractivity contribution in [1.82, 2.24) is 4.90 Å². The number of Topliss-reactive ketones (excluding diaryl/α,β-unsaturated/α-hetero) is 1. The van der Waals surface area contributed by atoms with Gasteiger partial charge in [0.1, 0.15) is 23.9 Å². The lowest BCUT2D eigenvalue weighted by atomic mass is 9.95. The largest absolute Gasteiger partial charge is 0.507 e. The third-order valence-corrected chi connectivity index (χ3v) is 6.36. The molecule has 1 heterocycles. The van der Waals surface area contributed by atoms with Crippen molar-refractivity contribution in [2.24, 2.45) is 0 Å². The van der Waals surface area contributed by atoms with Crippen LogP contribution in [0.1, 0.15) is 41.6 Å². The maximum Gasteiger partial charge on any atom is 0.295 e. The molecule has 3 aromatic carbocycles. The summed E-state index contributed by atoms with van der Waals surface area (Å²) in [5, 5.41) is 11.3. The van der Waals surface area contributed by atoms with Gasteiger partial charge in [-0.15, -0.1) is 0 Å². The topological polar surface area (TPSA) is 85.3 Å². The van der Waals surface area contributed by atoms with Crippen molar-refractivity contribution in [2.45, 2.75) is 32.9 Å². The van der Waals surface area contributed by atoms with Gasteiger partial charge in [0.05, 0.1) is 24.8 Å². The van der Waals surface area contributed by atoms with Crippen LogP contribution in [0.4, 0.5) is 0 Å². The van der Waals surface area contributed by atoms with E-state index in [1.54, 1.807) is 24.3 Å². The minimum atomic E-state index is -0.748. The Morgan fingerprint density at radius 2 is 1.61 bits per heavy atom. The highest BCUT2D eigenvalue weighted by Gasteiger charge is 2.45. The number of aliphatic hydroxyl groups excluding tert-OH is 1. The van der Waals surface area contributed by atoms with Crippen molar-refractivity contribution < 1.29 is 28.9 Å². The van der Waals surface area contributed by atoms with Crippen LogP contribution in [0, 0.1) is 6.92 Å². The molecule has 0 saturated carbocycles. The van der Waals surface area contributed by atoms with E-state index in [4.69, 9.17) is 14.2 Å². The summed E-state index contributed by atoms with van der Waals surface area (Å²) >= 11 is 0. The Labute approximate surface area is 223 Å². The molecule has 1 amide bonds. The molecule has 198 valence electrons. The van der Waals surface area contributed by atoms with E-state index in [1.165, 1.54) is 12.0 Å². The molecular formula is C31H33NO6. The van der Waals surface area contributed by atoms with Crippen molar-refractivity contribution >= 4 is 17.4 Å². The summed E-state index contributed by atoms with van der Waals surface area (Å²) in [6.07, 6.45) is 0.884. The number of carbonyl (C=O) groups excluding carboxylic acids is 2. The van der Waals surface area contributed by atoms with Crippen LogP contribution in [0.2, 0.25) is 0 Å². The van der Waals surface area contributed by atoms with Crippen LogP contribution in [0.5, 0.6) is 11.5 Å². The van der Waals surface area contributed by atoms with Crippen LogP contribution < -0.4 is 9.47 Å². The SMILES string of the molecule is CCCOc1ccc([C@H]2C(=C(O)c3ccc(OCc4cccc(C)c4)cc3)C(=O)C(=O)N2CCOC)cc1. The summed E-state index contributed by atoms with van der Waals surface area (Å²) in [5.74, 6) is -0.300. The van der Waals surface area contributed by atoms with Crippen LogP contribution >= 0.6 is 0 Å². The fraction of sp³-hybridized carbons (Fsp3) is 0.290. The molecule has 7 nitrogen and oxygen atoms in total. The number of ketones is 1. The number of amides is 1. The smallest absolute Gasteiger partial charge is 0.295 e. The third-order valence-electron chi connectivity index (χ3n) is 6.36. The number of nitrogens with zero attached hydrogens (tertiary/aromatic N) is 1. The van der Waals surface area contributed by atoms with E-state index < -0.39 is 17.7 Å². The fourth-order valence-corrected chi connectivity index (χ4v) is 4.45. The summed E-state index contributed by atoms with van der Waals surface area (Å²) in [6.45, 7) is 5.53. The second-order valence-electron chi connectivity index (χ2n) is 9.20. The predicted molar refractivity (Wildman–Crippen MR) is 145 cm³/mol. The van der Waals surface area contributed by atoms with Gasteiger partial charge in [-0.05, 0) is 60.9 Å². The van der Waals surface area contributed by atoms with Crippen LogP contribution in [0.25, 0.3) is 5.76 Å². The van der Waals surface area contributed by atoms with Gasteiger partial charge in [-0.25, -0.2) is 0 Å². The Hall–Kier alpha value is -4.10. The minimum absolute atomic E-state index is 0.0433. The first-order chi connectivity index (χ1) is 18.4. The zero-order valence-electron chi connectivity index (χ0n) is 22.0. The highest BCUT2D eigenvalue weighted by atomic mass is 16.5. The minimum Gasteiger partial charge on any atom is -0.507 e. The number of likely N-dealkylation sites (tertiary alicyclic amines) is 1. The summed E-state index contributed by atoms with van der Waals surface area (Å²) in [4.78, 5) is 27.6. The third kappa shape index (κ3) is 6.06. The Kier molecular flexibility index (Phi) is 8.81. The molecule has 1 saturated heterocycles. The summed E-state index contributed by atoms with van der Waals surface area (Å²) in [5.41, 5.74) is 3.38. The van der Waals surface area contributed by atoms with Crippen molar-refractivity contribution in [3.05, 3.63) is 101 Å². The van der Waals surface area contributed by atoms with Crippen LogP contribution in [0.15, 0.2) is 78.4 Å². The Morgan fingerprint density at radius 3 is 2.26 bits per heavy atom. The number of hydrogen-bond donors (Lipinski definition) is 1. The van der Waals surface area contributed by atoms with Crippen LogP contribution in [0.3, 0.4) is 0 Å². The first-order valence-corrected chi connectivity index (χ1v) is 12.7. The lowest BCUT2D eigenvalue weighted by Crippen LogP contribution is -2.32. The van der Waals surface area contributed by atoms with E-state index in [0.29, 0.717) is 35.8 Å². The summed E-state index contributed by atoms with van der Waals surface area (Å²) in [7, 11) is 1.54. The maximum atomic E-state index is 13.1. The Bertz CT molecular complexity index is 1300. The molecule has 0 aliphatic carbocycles. The summed E-state index contributed by atoms with van der Waals surface area (Å²) in [6, 6.07) is 21.4. The number of rotatable bonds is 11.